The Bertz CT molecular complexity index is 840. The Morgan fingerprint density at radius 1 is 0.600 bits per heavy atom. The zero-order chi connectivity index (χ0) is 36.8. The van der Waals surface area contributed by atoms with Crippen LogP contribution in [0.1, 0.15) is 194 Å². The van der Waals surface area contributed by atoms with Gasteiger partial charge in [-0.25, -0.2) is 4.57 Å². The van der Waals surface area contributed by atoms with E-state index in [9.17, 15) is 19.0 Å². The lowest BCUT2D eigenvalue weighted by molar-refractivity contribution is -0.161. The van der Waals surface area contributed by atoms with Crippen molar-refractivity contribution >= 4 is 19.8 Å². The Labute approximate surface area is 307 Å². The van der Waals surface area contributed by atoms with Gasteiger partial charge in [0.1, 0.15) is 6.61 Å². The van der Waals surface area contributed by atoms with Gasteiger partial charge in [0.25, 0.3) is 0 Å². The van der Waals surface area contributed by atoms with Gasteiger partial charge in [-0.3, -0.25) is 18.6 Å². The molecule has 2 unspecified atom stereocenters. The van der Waals surface area contributed by atoms with E-state index in [0.29, 0.717) is 13.0 Å². The van der Waals surface area contributed by atoms with E-state index in [1.165, 1.54) is 103 Å². The van der Waals surface area contributed by atoms with Crippen molar-refractivity contribution in [1.82, 2.24) is 5.32 Å². The van der Waals surface area contributed by atoms with E-state index >= 15 is 0 Å². The molecule has 0 aliphatic rings. The third-order valence-electron chi connectivity index (χ3n) is 8.89. The number of ether oxygens (including phenoxy) is 2. The molecular formula is C40H78NO8P. The number of unbranched alkanes of at least 4 members (excludes halogenated alkanes) is 23. The van der Waals surface area contributed by atoms with Crippen LogP contribution in [0.3, 0.4) is 0 Å². The van der Waals surface area contributed by atoms with Crippen molar-refractivity contribution in [2.24, 2.45) is 0 Å². The average Bonchev–Trinajstić information content (AvgIpc) is 3.09. The maximum atomic E-state index is 12.6. The second-order valence-electron chi connectivity index (χ2n) is 13.8. The van der Waals surface area contributed by atoms with Gasteiger partial charge in [-0.15, -0.1) is 0 Å². The molecule has 296 valence electrons. The molecule has 0 radical (unpaired) electrons. The fraction of sp³-hybridized carbons (Fsp3) is 0.900. The molecule has 0 aromatic rings. The van der Waals surface area contributed by atoms with Crippen molar-refractivity contribution in [2.75, 3.05) is 33.4 Å². The highest BCUT2D eigenvalue weighted by atomic mass is 31.2. The van der Waals surface area contributed by atoms with Crippen molar-refractivity contribution in [1.29, 1.82) is 0 Å². The summed E-state index contributed by atoms with van der Waals surface area (Å²) in [5.74, 6) is -0.810. The number of phosphoric ester groups is 1. The molecule has 50 heavy (non-hydrogen) atoms. The zero-order valence-corrected chi connectivity index (χ0v) is 33.5. The predicted octanol–water partition coefficient (Wildman–Crippen LogP) is 11.3. The minimum atomic E-state index is -4.34. The molecule has 0 aliphatic heterocycles. The average molecular weight is 732 g/mol. The normalized spacial score (nSPS) is 13.4. The van der Waals surface area contributed by atoms with Gasteiger partial charge in [-0.2, -0.15) is 0 Å². The number of esters is 2. The van der Waals surface area contributed by atoms with Gasteiger partial charge < -0.3 is 19.7 Å². The summed E-state index contributed by atoms with van der Waals surface area (Å²) in [7, 11) is -2.64. The van der Waals surface area contributed by atoms with Gasteiger partial charge in [0.15, 0.2) is 6.10 Å². The number of nitrogens with one attached hydrogen (secondary N) is 1. The highest BCUT2D eigenvalue weighted by Crippen LogP contribution is 2.43. The summed E-state index contributed by atoms with van der Waals surface area (Å²) in [6.07, 6.45) is 35.4. The number of likely N-dealkylation sites (N-methyl/N-ethyl adjacent to an activating group) is 1. The number of carbonyl (C=O) groups is 2. The Kier molecular flexibility index (Phi) is 36.6. The van der Waals surface area contributed by atoms with Crippen LogP contribution in [0.5, 0.6) is 0 Å². The van der Waals surface area contributed by atoms with Crippen LogP contribution in [0.15, 0.2) is 12.2 Å². The summed E-state index contributed by atoms with van der Waals surface area (Å²) < 4.78 is 33.1. The Morgan fingerprint density at radius 3 is 1.54 bits per heavy atom. The van der Waals surface area contributed by atoms with Crippen LogP contribution in [0.2, 0.25) is 0 Å². The van der Waals surface area contributed by atoms with Crippen LogP contribution in [-0.2, 0) is 32.7 Å². The van der Waals surface area contributed by atoms with Crippen molar-refractivity contribution in [3.05, 3.63) is 12.2 Å². The maximum absolute atomic E-state index is 12.6. The van der Waals surface area contributed by atoms with Gasteiger partial charge in [0.05, 0.1) is 13.2 Å². The minimum absolute atomic E-state index is 0.0152. The largest absolute Gasteiger partial charge is 0.472 e. The van der Waals surface area contributed by atoms with E-state index in [0.717, 1.165) is 57.8 Å². The number of carbonyl (C=O) groups excluding carboxylic acids is 2. The standard InChI is InChI=1S/C40H78NO8P/c1-4-6-8-10-12-14-16-17-18-19-20-21-23-25-27-29-31-33-40(43)49-38(37-48-50(44,45)47-35-34-41-3)36-46-39(42)32-30-28-26-24-22-15-13-11-9-7-5-2/h11,13,38,41H,4-10,12,14-37H2,1-3H3,(H,44,45)/b13-11-. The van der Waals surface area contributed by atoms with E-state index in [-0.39, 0.29) is 32.0 Å². The summed E-state index contributed by atoms with van der Waals surface area (Å²) in [5.41, 5.74) is 0. The molecule has 0 heterocycles. The predicted molar refractivity (Wildman–Crippen MR) is 206 cm³/mol. The molecule has 9 nitrogen and oxygen atoms in total. The Hall–Kier alpha value is -1.25. The lowest BCUT2D eigenvalue weighted by Gasteiger charge is -2.20. The first-order chi connectivity index (χ1) is 24.3. The van der Waals surface area contributed by atoms with Crippen molar-refractivity contribution in [3.8, 4) is 0 Å². The number of hydrogen-bond acceptors (Lipinski definition) is 8. The fourth-order valence-corrected chi connectivity index (χ4v) is 6.46. The summed E-state index contributed by atoms with van der Waals surface area (Å²) in [6, 6.07) is 0. The van der Waals surface area contributed by atoms with Gasteiger partial charge >= 0.3 is 19.8 Å². The van der Waals surface area contributed by atoms with Crippen molar-refractivity contribution in [2.45, 2.75) is 200 Å². The molecular weight excluding hydrogens is 653 g/mol. The number of hydrogen-bond donors (Lipinski definition) is 2. The Morgan fingerprint density at radius 2 is 1.04 bits per heavy atom. The van der Waals surface area contributed by atoms with Crippen molar-refractivity contribution < 1.29 is 37.6 Å². The van der Waals surface area contributed by atoms with Crippen LogP contribution in [0, 0.1) is 0 Å². The smallest absolute Gasteiger partial charge is 0.462 e. The first-order valence-corrected chi connectivity index (χ1v) is 22.1. The summed E-state index contributed by atoms with van der Waals surface area (Å²) in [6.45, 7) is 4.19. The van der Waals surface area contributed by atoms with E-state index in [1.54, 1.807) is 7.05 Å². The molecule has 0 rings (SSSR count). The van der Waals surface area contributed by atoms with Gasteiger partial charge in [0.2, 0.25) is 0 Å². The summed E-state index contributed by atoms with van der Waals surface area (Å²) in [4.78, 5) is 34.9. The third-order valence-corrected chi connectivity index (χ3v) is 9.87. The molecule has 0 aromatic carbocycles. The quantitative estimate of drug-likeness (QED) is 0.0275. The molecule has 0 saturated carbocycles. The molecule has 0 saturated heterocycles. The monoisotopic (exact) mass is 732 g/mol. The lowest BCUT2D eigenvalue weighted by atomic mass is 10.0. The molecule has 0 spiro atoms. The van der Waals surface area contributed by atoms with E-state index in [2.05, 4.69) is 31.3 Å². The first kappa shape index (κ1) is 48.8. The van der Waals surface area contributed by atoms with Crippen molar-refractivity contribution in [3.63, 3.8) is 0 Å². The van der Waals surface area contributed by atoms with E-state index in [4.69, 9.17) is 18.5 Å². The lowest BCUT2D eigenvalue weighted by Crippen LogP contribution is -2.29. The Balaban J connectivity index is 4.20. The topological polar surface area (TPSA) is 120 Å². The third kappa shape index (κ3) is 36.5. The SMILES string of the molecule is CCCC/C=C\CCCCCCCC(=O)OCC(COP(=O)(O)OCCNC)OC(=O)CCCCCCCCCCCCCCCCCCC. The zero-order valence-electron chi connectivity index (χ0n) is 32.6. The summed E-state index contributed by atoms with van der Waals surface area (Å²) >= 11 is 0. The molecule has 0 amide bonds. The molecule has 0 aromatic heterocycles. The molecule has 10 heteroatoms. The van der Waals surface area contributed by atoms with Gasteiger partial charge in [0, 0.05) is 19.4 Å². The van der Waals surface area contributed by atoms with E-state index in [1.807, 2.05) is 0 Å². The van der Waals surface area contributed by atoms with Crippen LogP contribution < -0.4 is 5.32 Å². The number of allylic oxidation sites excluding steroid dienone is 2. The van der Waals surface area contributed by atoms with Crippen LogP contribution in [0.25, 0.3) is 0 Å². The number of phosphoric acid groups is 1. The molecule has 0 aliphatic carbocycles. The second-order valence-corrected chi connectivity index (χ2v) is 15.3. The molecule has 2 atom stereocenters. The summed E-state index contributed by atoms with van der Waals surface area (Å²) in [5, 5.41) is 2.82. The highest BCUT2D eigenvalue weighted by molar-refractivity contribution is 7.47. The van der Waals surface area contributed by atoms with E-state index < -0.39 is 26.5 Å². The molecule has 2 N–H and O–H groups in total. The number of rotatable bonds is 39. The molecule has 0 bridgehead atoms. The fourth-order valence-electron chi connectivity index (χ4n) is 5.71. The van der Waals surface area contributed by atoms with Crippen LogP contribution in [-0.4, -0.2) is 56.3 Å². The minimum Gasteiger partial charge on any atom is -0.462 e. The second kappa shape index (κ2) is 37.5. The van der Waals surface area contributed by atoms with Gasteiger partial charge in [-0.1, -0.05) is 161 Å². The van der Waals surface area contributed by atoms with Gasteiger partial charge in [-0.05, 0) is 39.2 Å². The highest BCUT2D eigenvalue weighted by Gasteiger charge is 2.26. The maximum Gasteiger partial charge on any atom is 0.472 e. The van der Waals surface area contributed by atoms with Crippen LogP contribution >= 0.6 is 7.82 Å². The van der Waals surface area contributed by atoms with Crippen LogP contribution in [0.4, 0.5) is 0 Å². The first-order valence-electron chi connectivity index (χ1n) is 20.6. The molecule has 0 fully saturated rings.